The van der Waals surface area contributed by atoms with Crippen molar-refractivity contribution >= 4 is 12.1 Å². The molecule has 0 fully saturated rings. The van der Waals surface area contributed by atoms with Gasteiger partial charge >= 0.3 is 18.3 Å². The van der Waals surface area contributed by atoms with Crippen molar-refractivity contribution in [2.75, 3.05) is 0 Å². The lowest BCUT2D eigenvalue weighted by molar-refractivity contribution is -0.155. The Hall–Kier alpha value is -3.08. The summed E-state index contributed by atoms with van der Waals surface area (Å²) in [7, 11) is 0. The number of carbonyl (C=O) groups excluding carboxylic acids is 2. The Kier molecular flexibility index (Phi) is 7.41. The van der Waals surface area contributed by atoms with Crippen LogP contribution >= 0.6 is 0 Å². The van der Waals surface area contributed by atoms with Crippen LogP contribution in [0, 0.1) is 5.39 Å². The summed E-state index contributed by atoms with van der Waals surface area (Å²) in [5.74, 6) is -1.15. The zero-order chi connectivity index (χ0) is 18.9. The Balaban J connectivity index is 2.67. The molecule has 1 rings (SSSR count). The topological polar surface area (TPSA) is 113 Å². The molecule has 0 spiro atoms. The normalized spacial score (nSPS) is 12.6. The van der Waals surface area contributed by atoms with E-state index in [1.807, 2.05) is 6.07 Å². The van der Waals surface area contributed by atoms with E-state index in [9.17, 15) is 14.7 Å². The Morgan fingerprint density at radius 1 is 1.32 bits per heavy atom. The molecule has 0 bridgehead atoms. The van der Waals surface area contributed by atoms with Crippen molar-refractivity contribution in [3.63, 3.8) is 0 Å². The highest BCUT2D eigenvalue weighted by molar-refractivity contribution is 5.74. The van der Waals surface area contributed by atoms with Gasteiger partial charge in [0.2, 0.25) is 11.2 Å². The molecule has 8 heteroatoms. The third-order valence-electron chi connectivity index (χ3n) is 2.84. The molecule has 25 heavy (non-hydrogen) atoms. The molecule has 0 aliphatic heterocycles. The lowest BCUT2D eigenvalue weighted by Crippen LogP contribution is -2.39. The molecule has 1 amide bonds. The highest BCUT2D eigenvalue weighted by Gasteiger charge is 2.26. The van der Waals surface area contributed by atoms with Gasteiger partial charge in [0.25, 0.3) is 0 Å². The molecule has 1 aromatic rings. The summed E-state index contributed by atoms with van der Waals surface area (Å²) in [5.41, 5.74) is 0.0716. The second kappa shape index (κ2) is 9.27. The first-order valence-corrected chi connectivity index (χ1v) is 7.63. The number of benzene rings is 1. The maximum atomic E-state index is 11.9. The summed E-state index contributed by atoms with van der Waals surface area (Å²) in [4.78, 5) is 26.5. The smallest absolute Gasteiger partial charge is 0.408 e. The predicted octanol–water partition coefficient (Wildman–Crippen LogP) is 3.27. The van der Waals surface area contributed by atoms with Crippen LogP contribution in [0.15, 0.2) is 42.3 Å². The van der Waals surface area contributed by atoms with Crippen LogP contribution in [0.5, 0.6) is 0 Å². The van der Waals surface area contributed by atoms with Crippen molar-refractivity contribution in [1.82, 2.24) is 5.32 Å². The van der Waals surface area contributed by atoms with E-state index in [0.29, 0.717) is 6.20 Å². The second-order valence-electron chi connectivity index (χ2n) is 6.22. The van der Waals surface area contributed by atoms with Gasteiger partial charge in [-0.1, -0.05) is 30.3 Å². The molecular formula is C17H22N3O5+. The maximum Gasteiger partial charge on any atom is 0.408 e. The summed E-state index contributed by atoms with van der Waals surface area (Å²) in [6, 6.07) is 7.87. The molecule has 2 N–H and O–H groups in total. The zero-order valence-electron chi connectivity index (χ0n) is 14.4. The van der Waals surface area contributed by atoms with Crippen LogP contribution in [0.25, 0.3) is 4.98 Å². The number of carbonyl (C=O) groups is 2. The van der Waals surface area contributed by atoms with Gasteiger partial charge in [0.05, 0.1) is 6.42 Å². The average Bonchev–Trinajstić information content (AvgIpc) is 2.51. The van der Waals surface area contributed by atoms with Gasteiger partial charge in [-0.15, -0.1) is 0 Å². The SMILES string of the molecule is CC(C)(C)OC(=O)C[C@H](NC(=O)OCc1ccccc1)/C(O)=C/[N+]#N. The lowest BCUT2D eigenvalue weighted by atomic mass is 10.1. The van der Waals surface area contributed by atoms with Crippen molar-refractivity contribution in [2.24, 2.45) is 0 Å². The van der Waals surface area contributed by atoms with Crippen LogP contribution in [-0.2, 0) is 20.9 Å². The predicted molar refractivity (Wildman–Crippen MR) is 89.8 cm³/mol. The molecule has 1 aromatic carbocycles. The molecule has 0 aliphatic carbocycles. The fraction of sp³-hybridized carbons (Fsp3) is 0.412. The first-order chi connectivity index (χ1) is 11.7. The highest BCUT2D eigenvalue weighted by atomic mass is 16.6. The second-order valence-corrected chi connectivity index (χ2v) is 6.22. The highest BCUT2D eigenvalue weighted by Crippen LogP contribution is 2.12. The minimum Gasteiger partial charge on any atom is -0.504 e. The molecule has 134 valence electrons. The first-order valence-electron chi connectivity index (χ1n) is 7.63. The minimum atomic E-state index is -1.14. The number of rotatable bonds is 6. The fourth-order valence-corrected chi connectivity index (χ4v) is 1.84. The number of aliphatic hydroxyl groups excluding tert-OH is 1. The Labute approximate surface area is 146 Å². The number of esters is 1. The monoisotopic (exact) mass is 348 g/mol. The number of aliphatic hydroxyl groups is 1. The van der Waals surface area contributed by atoms with E-state index < -0.39 is 29.5 Å². The van der Waals surface area contributed by atoms with Gasteiger partial charge in [0, 0.05) is 0 Å². The van der Waals surface area contributed by atoms with Crippen molar-refractivity contribution in [3.8, 4) is 0 Å². The van der Waals surface area contributed by atoms with E-state index in [0.717, 1.165) is 5.56 Å². The van der Waals surface area contributed by atoms with Crippen LogP contribution in [-0.4, -0.2) is 28.8 Å². The summed E-state index contributed by atoms with van der Waals surface area (Å²) >= 11 is 0. The Morgan fingerprint density at radius 2 is 1.96 bits per heavy atom. The first kappa shape index (κ1) is 20.0. The van der Waals surface area contributed by atoms with E-state index in [4.69, 9.17) is 14.9 Å². The van der Waals surface area contributed by atoms with Crippen LogP contribution < -0.4 is 5.32 Å². The van der Waals surface area contributed by atoms with Gasteiger partial charge in [-0.05, 0) is 26.3 Å². The van der Waals surface area contributed by atoms with E-state index in [2.05, 4.69) is 10.3 Å². The van der Waals surface area contributed by atoms with Crippen molar-refractivity contribution in [3.05, 3.63) is 52.8 Å². The number of nitrogens with zero attached hydrogens (tertiary/aromatic N) is 2. The van der Waals surface area contributed by atoms with Gasteiger partial charge < -0.3 is 19.9 Å². The molecule has 1 atom stereocenters. The number of amides is 1. The number of diazo groups is 1. The molecule has 0 radical (unpaired) electrons. The number of alkyl carbamates (subject to hydrolysis) is 1. The lowest BCUT2D eigenvalue weighted by Gasteiger charge is -2.21. The molecule has 0 saturated carbocycles. The van der Waals surface area contributed by atoms with Crippen LogP contribution in [0.4, 0.5) is 4.79 Å². The van der Waals surface area contributed by atoms with Gasteiger partial charge in [-0.3, -0.25) is 4.79 Å². The van der Waals surface area contributed by atoms with E-state index >= 15 is 0 Å². The summed E-state index contributed by atoms with van der Waals surface area (Å²) in [6.07, 6.45) is -0.475. The Bertz CT molecular complexity index is 659. The van der Waals surface area contributed by atoms with Crippen LogP contribution in [0.3, 0.4) is 0 Å². The average molecular weight is 348 g/mol. The van der Waals surface area contributed by atoms with Crippen molar-refractivity contribution < 1.29 is 24.2 Å². The van der Waals surface area contributed by atoms with Gasteiger partial charge in [-0.2, -0.15) is 0 Å². The number of ether oxygens (including phenoxy) is 2. The van der Waals surface area contributed by atoms with Crippen molar-refractivity contribution in [2.45, 2.75) is 45.4 Å². The molecule has 8 nitrogen and oxygen atoms in total. The summed E-state index contributed by atoms with van der Waals surface area (Å²) in [6.45, 7) is 5.11. The third-order valence-corrected chi connectivity index (χ3v) is 2.84. The van der Waals surface area contributed by atoms with E-state index in [-0.39, 0.29) is 13.0 Å². The maximum absolute atomic E-state index is 11.9. The van der Waals surface area contributed by atoms with Crippen LogP contribution in [0.2, 0.25) is 0 Å². The quantitative estimate of drug-likeness (QED) is 0.463. The number of hydrogen-bond acceptors (Lipinski definition) is 6. The molecule has 0 heterocycles. The molecular weight excluding hydrogens is 326 g/mol. The molecule has 0 unspecified atom stereocenters. The zero-order valence-corrected chi connectivity index (χ0v) is 14.4. The minimum absolute atomic E-state index is 0.0285. The number of hydrogen-bond donors (Lipinski definition) is 2. The molecule has 0 aromatic heterocycles. The fourth-order valence-electron chi connectivity index (χ4n) is 1.84. The third kappa shape index (κ3) is 8.37. The summed E-state index contributed by atoms with van der Waals surface area (Å²) in [5, 5.41) is 20.7. The number of nitrogens with one attached hydrogen (secondary N) is 1. The standard InChI is InChI=1S/C17H21N3O5/c1-17(2,3)25-15(22)9-13(14(21)10-19-18)20-16(23)24-11-12-7-5-4-6-8-12/h4-8,10,13H,9,11H2,1-3H3,(H-,20,21,23)/p+1/b14-10-/t13-/m0/s1. The largest absolute Gasteiger partial charge is 0.504 e. The van der Waals surface area contributed by atoms with E-state index in [1.165, 1.54) is 0 Å². The van der Waals surface area contributed by atoms with Gasteiger partial charge in [0.1, 0.15) is 18.2 Å². The van der Waals surface area contributed by atoms with Gasteiger partial charge in [-0.25, -0.2) is 4.79 Å². The van der Waals surface area contributed by atoms with E-state index in [1.54, 1.807) is 45.0 Å². The molecule has 0 saturated heterocycles. The van der Waals surface area contributed by atoms with Gasteiger partial charge in [0.15, 0.2) is 4.98 Å². The molecule has 0 aliphatic rings. The van der Waals surface area contributed by atoms with Crippen LogP contribution in [0.1, 0.15) is 32.8 Å². The summed E-state index contributed by atoms with van der Waals surface area (Å²) < 4.78 is 10.2. The van der Waals surface area contributed by atoms with Crippen molar-refractivity contribution in [1.29, 1.82) is 5.39 Å². The Morgan fingerprint density at radius 3 is 2.52 bits per heavy atom.